The summed E-state index contributed by atoms with van der Waals surface area (Å²) >= 11 is 5.26. The summed E-state index contributed by atoms with van der Waals surface area (Å²) in [5.74, 6) is 0. The number of hydrogen-bond donors (Lipinski definition) is 1. The second-order valence-corrected chi connectivity index (χ2v) is 4.10. The van der Waals surface area contributed by atoms with Crippen LogP contribution in [0.5, 0.6) is 0 Å². The van der Waals surface area contributed by atoms with Crippen LogP contribution in [0.15, 0.2) is 12.1 Å². The summed E-state index contributed by atoms with van der Waals surface area (Å²) in [5.41, 5.74) is 5.20. The first kappa shape index (κ1) is 10.5. The molecule has 72 valence electrons. The molecule has 6 heteroatoms. The van der Waals surface area contributed by atoms with Gasteiger partial charge < -0.3 is 5.73 Å². The summed E-state index contributed by atoms with van der Waals surface area (Å²) < 4.78 is 36.3. The molecule has 13 heavy (non-hydrogen) atoms. The third-order valence-corrected chi connectivity index (χ3v) is 2.56. The van der Waals surface area contributed by atoms with Crippen molar-refractivity contribution in [3.8, 4) is 0 Å². The van der Waals surface area contributed by atoms with Crippen molar-refractivity contribution in [3.05, 3.63) is 21.9 Å². The van der Waals surface area contributed by atoms with Gasteiger partial charge in [0.15, 0.2) is 0 Å². The Labute approximate surface area is 82.4 Å². The molecule has 0 atom stereocenters. The van der Waals surface area contributed by atoms with E-state index in [-0.39, 0.29) is 11.4 Å². The van der Waals surface area contributed by atoms with Crippen LogP contribution in [-0.2, 0) is 12.6 Å². The van der Waals surface area contributed by atoms with E-state index >= 15 is 0 Å². The van der Waals surface area contributed by atoms with E-state index in [0.717, 1.165) is 6.07 Å². The summed E-state index contributed by atoms with van der Waals surface area (Å²) in [6.07, 6.45) is -4.03. The average molecular weight is 225 g/mol. The lowest BCUT2D eigenvalue weighted by atomic mass is 10.3. The predicted octanol–water partition coefficient (Wildman–Crippen LogP) is 2.60. The van der Waals surface area contributed by atoms with Crippen LogP contribution < -0.4 is 5.73 Å². The summed E-state index contributed by atoms with van der Waals surface area (Å²) in [7, 11) is 0. The van der Waals surface area contributed by atoms with Crippen LogP contribution >= 0.6 is 23.6 Å². The van der Waals surface area contributed by atoms with Crippen LogP contribution in [-0.4, -0.2) is 4.99 Å². The number of thiocarbonyl (C=S) groups is 1. The van der Waals surface area contributed by atoms with Gasteiger partial charge in [-0.2, -0.15) is 13.2 Å². The van der Waals surface area contributed by atoms with Gasteiger partial charge in [0.1, 0.15) is 4.88 Å². The molecule has 0 unspecified atom stereocenters. The van der Waals surface area contributed by atoms with Crippen LogP contribution in [0.3, 0.4) is 0 Å². The minimum atomic E-state index is -4.26. The fourth-order valence-electron chi connectivity index (χ4n) is 0.797. The van der Waals surface area contributed by atoms with Gasteiger partial charge in [-0.15, -0.1) is 11.3 Å². The summed E-state index contributed by atoms with van der Waals surface area (Å²) in [5, 5.41) is 0. The number of alkyl halides is 3. The molecule has 0 aliphatic heterocycles. The largest absolute Gasteiger partial charge is 0.425 e. The minimum absolute atomic E-state index is 0.204. The normalized spacial score (nSPS) is 11.6. The smallest absolute Gasteiger partial charge is 0.393 e. The second-order valence-electron chi connectivity index (χ2n) is 2.41. The number of thiophene rings is 1. The van der Waals surface area contributed by atoms with Crippen molar-refractivity contribution in [1.29, 1.82) is 0 Å². The van der Waals surface area contributed by atoms with Crippen LogP contribution in [0.4, 0.5) is 13.2 Å². The Hall–Kier alpha value is -0.620. The van der Waals surface area contributed by atoms with Crippen molar-refractivity contribution >= 4 is 28.5 Å². The molecule has 0 bridgehead atoms. The van der Waals surface area contributed by atoms with Crippen molar-refractivity contribution in [2.45, 2.75) is 12.6 Å². The van der Waals surface area contributed by atoms with Crippen LogP contribution in [0.2, 0.25) is 0 Å². The van der Waals surface area contributed by atoms with Crippen LogP contribution in [0, 0.1) is 0 Å². The first-order valence-corrected chi connectivity index (χ1v) is 4.56. The monoisotopic (exact) mass is 225 g/mol. The molecule has 0 aliphatic rings. The molecule has 1 heterocycles. The highest BCUT2D eigenvalue weighted by molar-refractivity contribution is 7.80. The van der Waals surface area contributed by atoms with Crippen LogP contribution in [0.25, 0.3) is 0 Å². The molecule has 1 nitrogen and oxygen atoms in total. The molecule has 0 saturated heterocycles. The van der Waals surface area contributed by atoms with E-state index in [1.165, 1.54) is 6.07 Å². The summed E-state index contributed by atoms with van der Waals surface area (Å²) in [6.45, 7) is 0. The van der Waals surface area contributed by atoms with E-state index in [4.69, 9.17) is 5.73 Å². The van der Waals surface area contributed by atoms with E-state index in [0.29, 0.717) is 16.2 Å². The third kappa shape index (κ3) is 2.96. The molecule has 0 saturated carbocycles. The van der Waals surface area contributed by atoms with Crippen molar-refractivity contribution in [1.82, 2.24) is 0 Å². The molecular formula is C7H6F3NS2. The molecular weight excluding hydrogens is 219 g/mol. The number of halogens is 3. The highest BCUT2D eigenvalue weighted by Gasteiger charge is 2.32. The van der Waals surface area contributed by atoms with Gasteiger partial charge in [-0.05, 0) is 12.1 Å². The van der Waals surface area contributed by atoms with Crippen LogP contribution in [0.1, 0.15) is 9.75 Å². The van der Waals surface area contributed by atoms with Crippen molar-refractivity contribution in [2.24, 2.45) is 5.73 Å². The van der Waals surface area contributed by atoms with Gasteiger partial charge in [0.25, 0.3) is 0 Å². The van der Waals surface area contributed by atoms with Gasteiger partial charge in [0.2, 0.25) is 0 Å². The van der Waals surface area contributed by atoms with E-state index in [2.05, 4.69) is 12.2 Å². The van der Waals surface area contributed by atoms with E-state index in [1.54, 1.807) is 0 Å². The zero-order valence-corrected chi connectivity index (χ0v) is 8.02. The summed E-state index contributed by atoms with van der Waals surface area (Å²) in [4.78, 5) is 0.133. The Morgan fingerprint density at radius 2 is 2.08 bits per heavy atom. The summed E-state index contributed by atoms with van der Waals surface area (Å²) in [6, 6.07) is 2.44. The fraction of sp³-hybridized carbons (Fsp3) is 0.286. The van der Waals surface area contributed by atoms with Gasteiger partial charge in [-0.25, -0.2) is 0 Å². The Kier molecular flexibility index (Phi) is 2.92. The zero-order valence-electron chi connectivity index (χ0n) is 6.39. The van der Waals surface area contributed by atoms with Crippen molar-refractivity contribution in [3.63, 3.8) is 0 Å². The molecule has 0 aromatic carbocycles. The highest BCUT2D eigenvalue weighted by atomic mass is 32.1. The number of hydrogen-bond acceptors (Lipinski definition) is 2. The topological polar surface area (TPSA) is 26.0 Å². The number of nitrogens with two attached hydrogens (primary N) is 1. The van der Waals surface area contributed by atoms with Gasteiger partial charge in [-0.3, -0.25) is 0 Å². The van der Waals surface area contributed by atoms with Gasteiger partial charge in [0.05, 0.1) is 4.99 Å². The maximum atomic E-state index is 12.1. The van der Waals surface area contributed by atoms with E-state index in [1.807, 2.05) is 0 Å². The lowest BCUT2D eigenvalue weighted by Gasteiger charge is -2.00. The van der Waals surface area contributed by atoms with Gasteiger partial charge in [-0.1, -0.05) is 12.2 Å². The lowest BCUT2D eigenvalue weighted by molar-refractivity contribution is -0.134. The highest BCUT2D eigenvalue weighted by Crippen LogP contribution is 2.34. The SMILES string of the molecule is NC(=S)Cc1ccc(C(F)(F)F)s1. The van der Waals surface area contributed by atoms with Crippen molar-refractivity contribution in [2.75, 3.05) is 0 Å². The van der Waals surface area contributed by atoms with E-state index in [9.17, 15) is 13.2 Å². The van der Waals surface area contributed by atoms with Gasteiger partial charge >= 0.3 is 6.18 Å². The minimum Gasteiger partial charge on any atom is -0.393 e. The molecule has 0 fully saturated rings. The first-order chi connectivity index (χ1) is 5.89. The maximum Gasteiger partial charge on any atom is 0.425 e. The number of rotatable bonds is 2. The third-order valence-electron chi connectivity index (χ3n) is 1.29. The average Bonchev–Trinajstić information content (AvgIpc) is 2.32. The first-order valence-electron chi connectivity index (χ1n) is 3.34. The molecule has 1 aromatic rings. The van der Waals surface area contributed by atoms with Gasteiger partial charge in [0, 0.05) is 11.3 Å². The zero-order chi connectivity index (χ0) is 10.1. The molecule has 2 N–H and O–H groups in total. The molecule has 1 aromatic heterocycles. The molecule has 1 rings (SSSR count). The van der Waals surface area contributed by atoms with Crippen molar-refractivity contribution < 1.29 is 13.2 Å². The standard InChI is InChI=1S/C7H6F3NS2/c8-7(9,10)5-2-1-4(13-5)3-6(11)12/h1-2H,3H2,(H2,11,12). The Morgan fingerprint density at radius 1 is 1.46 bits per heavy atom. The Bertz CT molecular complexity index is 316. The lowest BCUT2D eigenvalue weighted by Crippen LogP contribution is -2.09. The molecule has 0 amide bonds. The Morgan fingerprint density at radius 3 is 2.46 bits per heavy atom. The molecule has 0 aliphatic carbocycles. The molecule has 0 spiro atoms. The maximum absolute atomic E-state index is 12.1. The fourth-order valence-corrected chi connectivity index (χ4v) is 1.94. The van der Waals surface area contributed by atoms with E-state index < -0.39 is 11.1 Å². The Balaban J connectivity index is 2.81. The molecule has 0 radical (unpaired) electrons. The quantitative estimate of drug-likeness (QED) is 0.783. The second kappa shape index (κ2) is 3.63. The predicted molar refractivity (Wildman–Crippen MR) is 49.8 cm³/mol.